The number of amides is 2. The standard InChI is InChI=1S/C13H15ClN2O2/c1-8-6-11(8)13(18)15-7-12(17)16-10-4-2-9(14)3-5-10/h2-5,8,11H,6-7H2,1H3,(H,15,18)(H,16,17)/t8-,11+/m1/s1. The van der Waals surface area contributed by atoms with Crippen molar-refractivity contribution in [2.24, 2.45) is 11.8 Å². The first-order valence-corrected chi connectivity index (χ1v) is 6.27. The van der Waals surface area contributed by atoms with Gasteiger partial charge in [-0.25, -0.2) is 0 Å². The normalized spacial score (nSPS) is 21.2. The molecular weight excluding hydrogens is 252 g/mol. The van der Waals surface area contributed by atoms with Crippen LogP contribution in [-0.2, 0) is 9.59 Å². The van der Waals surface area contributed by atoms with Crippen LogP contribution in [0.2, 0.25) is 5.02 Å². The van der Waals surface area contributed by atoms with E-state index in [9.17, 15) is 9.59 Å². The van der Waals surface area contributed by atoms with E-state index in [0.29, 0.717) is 16.6 Å². The third-order valence-corrected chi connectivity index (χ3v) is 3.25. The average Bonchev–Trinajstić information content (AvgIpc) is 3.06. The number of anilines is 1. The molecule has 0 unspecified atom stereocenters. The van der Waals surface area contributed by atoms with Crippen molar-refractivity contribution < 1.29 is 9.59 Å². The number of nitrogens with one attached hydrogen (secondary N) is 2. The molecule has 1 aromatic carbocycles. The van der Waals surface area contributed by atoms with Crippen LogP contribution in [0.5, 0.6) is 0 Å². The average molecular weight is 267 g/mol. The van der Waals surface area contributed by atoms with Gasteiger partial charge in [-0.3, -0.25) is 9.59 Å². The first-order chi connectivity index (χ1) is 8.56. The molecule has 18 heavy (non-hydrogen) atoms. The zero-order chi connectivity index (χ0) is 13.1. The number of hydrogen-bond acceptors (Lipinski definition) is 2. The fourth-order valence-electron chi connectivity index (χ4n) is 1.72. The molecule has 1 aliphatic carbocycles. The van der Waals surface area contributed by atoms with E-state index >= 15 is 0 Å². The predicted molar refractivity (Wildman–Crippen MR) is 70.4 cm³/mol. The van der Waals surface area contributed by atoms with Crippen LogP contribution >= 0.6 is 11.6 Å². The van der Waals surface area contributed by atoms with E-state index in [2.05, 4.69) is 10.6 Å². The topological polar surface area (TPSA) is 58.2 Å². The van der Waals surface area contributed by atoms with E-state index in [-0.39, 0.29) is 24.3 Å². The lowest BCUT2D eigenvalue weighted by Gasteiger charge is -2.06. The van der Waals surface area contributed by atoms with Crippen molar-refractivity contribution >= 4 is 29.1 Å². The molecule has 2 amide bonds. The maximum absolute atomic E-state index is 11.6. The Bertz CT molecular complexity index is 459. The molecule has 2 N–H and O–H groups in total. The third kappa shape index (κ3) is 3.47. The van der Waals surface area contributed by atoms with Crippen LogP contribution in [-0.4, -0.2) is 18.4 Å². The largest absolute Gasteiger partial charge is 0.347 e. The number of carbonyl (C=O) groups is 2. The lowest BCUT2D eigenvalue weighted by Crippen LogP contribution is -2.34. The van der Waals surface area contributed by atoms with E-state index in [1.54, 1.807) is 24.3 Å². The van der Waals surface area contributed by atoms with E-state index in [1.807, 2.05) is 6.92 Å². The fourth-order valence-corrected chi connectivity index (χ4v) is 1.85. The van der Waals surface area contributed by atoms with E-state index in [0.717, 1.165) is 6.42 Å². The van der Waals surface area contributed by atoms with Crippen LogP contribution < -0.4 is 10.6 Å². The van der Waals surface area contributed by atoms with Crippen molar-refractivity contribution in [3.8, 4) is 0 Å². The van der Waals surface area contributed by atoms with Gasteiger partial charge in [-0.05, 0) is 36.6 Å². The molecule has 0 aliphatic heterocycles. The van der Waals surface area contributed by atoms with Crippen molar-refractivity contribution in [2.75, 3.05) is 11.9 Å². The highest BCUT2D eigenvalue weighted by Crippen LogP contribution is 2.37. The van der Waals surface area contributed by atoms with Gasteiger partial charge in [0, 0.05) is 16.6 Å². The van der Waals surface area contributed by atoms with Crippen molar-refractivity contribution in [3.63, 3.8) is 0 Å². The third-order valence-electron chi connectivity index (χ3n) is 3.00. The highest BCUT2D eigenvalue weighted by Gasteiger charge is 2.38. The predicted octanol–water partition coefficient (Wildman–Crippen LogP) is 2.05. The van der Waals surface area contributed by atoms with Gasteiger partial charge in [0.15, 0.2) is 0 Å². The summed E-state index contributed by atoms with van der Waals surface area (Å²) >= 11 is 5.74. The van der Waals surface area contributed by atoms with Crippen LogP contribution in [0.25, 0.3) is 0 Å². The second kappa shape index (κ2) is 5.40. The smallest absolute Gasteiger partial charge is 0.243 e. The molecule has 4 nitrogen and oxygen atoms in total. The highest BCUT2D eigenvalue weighted by atomic mass is 35.5. The van der Waals surface area contributed by atoms with Gasteiger partial charge in [0.05, 0.1) is 6.54 Å². The Balaban J connectivity index is 1.75. The molecule has 96 valence electrons. The lowest BCUT2D eigenvalue weighted by atomic mass is 10.3. The fraction of sp³-hybridized carbons (Fsp3) is 0.385. The molecule has 1 aliphatic rings. The molecule has 1 saturated carbocycles. The summed E-state index contributed by atoms with van der Waals surface area (Å²) in [6.07, 6.45) is 0.921. The van der Waals surface area contributed by atoms with Crippen LogP contribution in [0.4, 0.5) is 5.69 Å². The summed E-state index contributed by atoms with van der Waals surface area (Å²) < 4.78 is 0. The summed E-state index contributed by atoms with van der Waals surface area (Å²) in [5.74, 6) is 0.269. The Morgan fingerprint density at radius 3 is 2.50 bits per heavy atom. The molecular formula is C13H15ClN2O2. The summed E-state index contributed by atoms with van der Waals surface area (Å²) in [6, 6.07) is 6.82. The molecule has 0 radical (unpaired) electrons. The number of carbonyl (C=O) groups excluding carboxylic acids is 2. The van der Waals surface area contributed by atoms with Gasteiger partial charge in [-0.15, -0.1) is 0 Å². The maximum atomic E-state index is 11.6. The molecule has 2 atom stereocenters. The summed E-state index contributed by atoms with van der Waals surface area (Å²) in [5, 5.41) is 5.93. The minimum absolute atomic E-state index is 0.00464. The molecule has 1 fully saturated rings. The monoisotopic (exact) mass is 266 g/mol. The minimum Gasteiger partial charge on any atom is -0.347 e. The van der Waals surface area contributed by atoms with Crippen LogP contribution in [0, 0.1) is 11.8 Å². The quantitative estimate of drug-likeness (QED) is 0.876. The minimum atomic E-state index is -0.237. The zero-order valence-corrected chi connectivity index (χ0v) is 10.8. The van der Waals surface area contributed by atoms with Crippen molar-refractivity contribution in [1.29, 1.82) is 0 Å². The number of benzene rings is 1. The SMILES string of the molecule is C[C@@H]1C[C@@H]1C(=O)NCC(=O)Nc1ccc(Cl)cc1. The van der Waals surface area contributed by atoms with Gasteiger partial charge in [-0.1, -0.05) is 18.5 Å². The van der Waals surface area contributed by atoms with Gasteiger partial charge >= 0.3 is 0 Å². The Morgan fingerprint density at radius 2 is 1.94 bits per heavy atom. The van der Waals surface area contributed by atoms with Gasteiger partial charge in [-0.2, -0.15) is 0 Å². The van der Waals surface area contributed by atoms with Crippen LogP contribution in [0.15, 0.2) is 24.3 Å². The first-order valence-electron chi connectivity index (χ1n) is 5.89. The second-order valence-electron chi connectivity index (χ2n) is 4.59. The van der Waals surface area contributed by atoms with Crippen molar-refractivity contribution in [3.05, 3.63) is 29.3 Å². The van der Waals surface area contributed by atoms with E-state index in [1.165, 1.54) is 0 Å². The summed E-state index contributed by atoms with van der Waals surface area (Å²) in [6.45, 7) is 2.03. The van der Waals surface area contributed by atoms with Gasteiger partial charge in [0.2, 0.25) is 11.8 Å². The lowest BCUT2D eigenvalue weighted by molar-refractivity contribution is -0.125. The van der Waals surface area contributed by atoms with Crippen LogP contribution in [0.1, 0.15) is 13.3 Å². The van der Waals surface area contributed by atoms with Crippen molar-refractivity contribution in [2.45, 2.75) is 13.3 Å². The van der Waals surface area contributed by atoms with E-state index < -0.39 is 0 Å². The molecule has 0 saturated heterocycles. The molecule has 0 bridgehead atoms. The zero-order valence-electron chi connectivity index (χ0n) is 10.1. The Kier molecular flexibility index (Phi) is 3.87. The number of halogens is 1. The summed E-state index contributed by atoms with van der Waals surface area (Å²) in [4.78, 5) is 23.1. The molecule has 0 aromatic heterocycles. The molecule has 1 aromatic rings. The Labute approximate surface area is 111 Å². The summed E-state index contributed by atoms with van der Waals surface area (Å²) in [5.41, 5.74) is 0.665. The Hall–Kier alpha value is -1.55. The first kappa shape index (κ1) is 12.9. The molecule has 5 heteroatoms. The molecule has 0 spiro atoms. The summed E-state index contributed by atoms with van der Waals surface area (Å²) in [7, 11) is 0. The maximum Gasteiger partial charge on any atom is 0.243 e. The number of hydrogen-bond donors (Lipinski definition) is 2. The second-order valence-corrected chi connectivity index (χ2v) is 5.03. The number of rotatable bonds is 4. The van der Waals surface area contributed by atoms with Crippen molar-refractivity contribution in [1.82, 2.24) is 5.32 Å². The van der Waals surface area contributed by atoms with E-state index in [4.69, 9.17) is 11.6 Å². The van der Waals surface area contributed by atoms with Gasteiger partial charge < -0.3 is 10.6 Å². The molecule has 2 rings (SSSR count). The molecule has 0 heterocycles. The van der Waals surface area contributed by atoms with Gasteiger partial charge in [0.1, 0.15) is 0 Å². The highest BCUT2D eigenvalue weighted by molar-refractivity contribution is 6.30. The Morgan fingerprint density at radius 1 is 1.33 bits per heavy atom. The van der Waals surface area contributed by atoms with Gasteiger partial charge in [0.25, 0.3) is 0 Å². The van der Waals surface area contributed by atoms with Crippen LogP contribution in [0.3, 0.4) is 0 Å².